The molecule has 1 fully saturated rings. The van der Waals surface area contributed by atoms with Crippen molar-refractivity contribution >= 4 is 17.9 Å². The van der Waals surface area contributed by atoms with Gasteiger partial charge in [-0.2, -0.15) is 0 Å². The minimum atomic E-state index is -1.78. The van der Waals surface area contributed by atoms with E-state index in [2.05, 4.69) is 0 Å². The highest BCUT2D eigenvalue weighted by atomic mass is 16.7. The molecule has 1 saturated heterocycles. The fraction of sp³-hybridized carbons (Fsp3) is 0.222. The molecule has 9 heteroatoms. The smallest absolute Gasteiger partial charge is 0.338 e. The normalized spacial score (nSPS) is 23.3. The zero-order valence-corrected chi connectivity index (χ0v) is 19.0. The van der Waals surface area contributed by atoms with Crippen LogP contribution in [0.2, 0.25) is 0 Å². The SMILES string of the molecule is O=C(OC[C@H]1O[C@H](O)[C@@H](OC(=O)c2ccccc2)[C@@H](O)[C@@H]1OC(=O)c1ccccc1)c1ccccc1. The number of carbonyl (C=O) groups excluding carboxylic acids is 3. The minimum absolute atomic E-state index is 0.189. The van der Waals surface area contributed by atoms with Gasteiger partial charge in [0.15, 0.2) is 18.5 Å². The van der Waals surface area contributed by atoms with Crippen LogP contribution < -0.4 is 0 Å². The van der Waals surface area contributed by atoms with Gasteiger partial charge in [0.1, 0.15) is 18.8 Å². The van der Waals surface area contributed by atoms with E-state index in [4.69, 9.17) is 18.9 Å². The third-order valence-electron chi connectivity index (χ3n) is 5.53. The first-order chi connectivity index (χ1) is 17.4. The Morgan fingerprint density at radius 1 is 0.639 bits per heavy atom. The number of aliphatic hydroxyl groups is 2. The Bertz CT molecular complexity index is 1170. The predicted molar refractivity (Wildman–Crippen MR) is 125 cm³/mol. The van der Waals surface area contributed by atoms with Gasteiger partial charge in [-0.15, -0.1) is 0 Å². The second kappa shape index (κ2) is 11.6. The highest BCUT2D eigenvalue weighted by Gasteiger charge is 2.49. The van der Waals surface area contributed by atoms with Crippen molar-refractivity contribution < 1.29 is 43.5 Å². The molecule has 3 aromatic carbocycles. The van der Waals surface area contributed by atoms with Gasteiger partial charge in [0.2, 0.25) is 0 Å². The monoisotopic (exact) mass is 492 g/mol. The molecule has 0 spiro atoms. The maximum Gasteiger partial charge on any atom is 0.338 e. The van der Waals surface area contributed by atoms with E-state index in [0.717, 1.165) is 0 Å². The summed E-state index contributed by atoms with van der Waals surface area (Å²) < 4.78 is 21.6. The van der Waals surface area contributed by atoms with Crippen molar-refractivity contribution in [3.05, 3.63) is 108 Å². The summed E-state index contributed by atoms with van der Waals surface area (Å²) in [5, 5.41) is 21.5. The van der Waals surface area contributed by atoms with Crippen molar-refractivity contribution in [2.24, 2.45) is 0 Å². The Morgan fingerprint density at radius 2 is 1.06 bits per heavy atom. The second-order valence-corrected chi connectivity index (χ2v) is 7.99. The maximum atomic E-state index is 12.7. The Labute approximate surface area is 206 Å². The average Bonchev–Trinajstić information content (AvgIpc) is 2.92. The molecule has 9 nitrogen and oxygen atoms in total. The van der Waals surface area contributed by atoms with E-state index < -0.39 is 55.2 Å². The molecule has 2 N–H and O–H groups in total. The lowest BCUT2D eigenvalue weighted by Crippen LogP contribution is -2.61. The molecule has 0 saturated carbocycles. The van der Waals surface area contributed by atoms with Gasteiger partial charge in [-0.05, 0) is 36.4 Å². The number of benzene rings is 3. The Hall–Kier alpha value is -4.05. The van der Waals surface area contributed by atoms with Gasteiger partial charge in [0.05, 0.1) is 16.7 Å². The summed E-state index contributed by atoms with van der Waals surface area (Å²) in [6.45, 7) is -0.450. The van der Waals surface area contributed by atoms with Crippen LogP contribution >= 0.6 is 0 Å². The van der Waals surface area contributed by atoms with Crippen LogP contribution in [-0.2, 0) is 18.9 Å². The van der Waals surface area contributed by atoms with Crippen LogP contribution in [0.25, 0.3) is 0 Å². The van der Waals surface area contributed by atoms with E-state index >= 15 is 0 Å². The van der Waals surface area contributed by atoms with Crippen LogP contribution in [0.3, 0.4) is 0 Å². The highest BCUT2D eigenvalue weighted by molar-refractivity contribution is 5.90. The first kappa shape index (κ1) is 25.1. The first-order valence-corrected chi connectivity index (χ1v) is 11.2. The van der Waals surface area contributed by atoms with Crippen LogP contribution in [0.1, 0.15) is 31.1 Å². The molecule has 36 heavy (non-hydrogen) atoms. The number of ether oxygens (including phenoxy) is 4. The van der Waals surface area contributed by atoms with Gasteiger partial charge in [0.25, 0.3) is 0 Å². The van der Waals surface area contributed by atoms with Crippen LogP contribution in [-0.4, -0.2) is 65.4 Å². The molecule has 1 heterocycles. The molecular weight excluding hydrogens is 468 g/mol. The molecule has 4 rings (SSSR count). The highest BCUT2D eigenvalue weighted by Crippen LogP contribution is 2.27. The molecule has 5 atom stereocenters. The van der Waals surface area contributed by atoms with Gasteiger partial charge < -0.3 is 29.2 Å². The molecule has 186 valence electrons. The number of aliphatic hydroxyl groups excluding tert-OH is 2. The summed E-state index contributed by atoms with van der Waals surface area (Å²) in [5.41, 5.74) is 0.671. The number of hydrogen-bond donors (Lipinski definition) is 2. The minimum Gasteiger partial charge on any atom is -0.459 e. The number of esters is 3. The molecule has 0 bridgehead atoms. The predicted octanol–water partition coefficient (Wildman–Crippen LogP) is 2.37. The van der Waals surface area contributed by atoms with Gasteiger partial charge in [0, 0.05) is 0 Å². The van der Waals surface area contributed by atoms with Crippen molar-refractivity contribution in [2.45, 2.75) is 30.7 Å². The maximum absolute atomic E-state index is 12.7. The van der Waals surface area contributed by atoms with E-state index in [1.807, 2.05) is 0 Å². The van der Waals surface area contributed by atoms with Crippen molar-refractivity contribution in [1.82, 2.24) is 0 Å². The Kier molecular flexibility index (Phi) is 8.06. The first-order valence-electron chi connectivity index (χ1n) is 11.2. The van der Waals surface area contributed by atoms with Gasteiger partial charge in [-0.1, -0.05) is 54.6 Å². The summed E-state index contributed by atoms with van der Waals surface area (Å²) in [6.07, 6.45) is -7.72. The molecule has 0 radical (unpaired) electrons. The Balaban J connectivity index is 1.52. The summed E-state index contributed by atoms with van der Waals surface area (Å²) >= 11 is 0. The van der Waals surface area contributed by atoms with E-state index in [-0.39, 0.29) is 16.7 Å². The van der Waals surface area contributed by atoms with Crippen LogP contribution in [0, 0.1) is 0 Å². The fourth-order valence-electron chi connectivity index (χ4n) is 3.66. The van der Waals surface area contributed by atoms with Gasteiger partial charge in [-0.3, -0.25) is 0 Å². The summed E-state index contributed by atoms with van der Waals surface area (Å²) in [4.78, 5) is 37.6. The van der Waals surface area contributed by atoms with Gasteiger partial charge in [-0.25, -0.2) is 14.4 Å². The summed E-state index contributed by atoms with van der Waals surface area (Å²) in [7, 11) is 0. The van der Waals surface area contributed by atoms with E-state index in [1.165, 1.54) is 24.3 Å². The molecule has 3 aromatic rings. The van der Waals surface area contributed by atoms with E-state index in [0.29, 0.717) is 0 Å². The van der Waals surface area contributed by atoms with Crippen LogP contribution in [0.5, 0.6) is 0 Å². The Morgan fingerprint density at radius 3 is 1.53 bits per heavy atom. The lowest BCUT2D eigenvalue weighted by molar-refractivity contribution is -0.284. The quantitative estimate of drug-likeness (QED) is 0.377. The fourth-order valence-corrected chi connectivity index (χ4v) is 3.66. The van der Waals surface area contributed by atoms with E-state index in [1.54, 1.807) is 66.7 Å². The zero-order chi connectivity index (χ0) is 25.5. The lowest BCUT2D eigenvalue weighted by atomic mass is 9.98. The molecular formula is C27H24O9. The third kappa shape index (κ3) is 5.95. The van der Waals surface area contributed by atoms with E-state index in [9.17, 15) is 24.6 Å². The standard InChI is InChI=1S/C27H24O9/c28-21-22(35-25(30)18-12-6-2-7-13-18)20(16-33-24(29)17-10-4-1-5-11-17)34-27(32)23(21)36-26(31)19-14-8-3-9-15-19/h1-15,20-23,27-28,32H,16H2/t20-,21+,22-,23+,27+/m1/s1. The van der Waals surface area contributed by atoms with Crippen molar-refractivity contribution in [1.29, 1.82) is 0 Å². The topological polar surface area (TPSA) is 129 Å². The molecule has 1 aliphatic rings. The summed E-state index contributed by atoms with van der Waals surface area (Å²) in [5.74, 6) is -2.27. The van der Waals surface area contributed by atoms with Gasteiger partial charge >= 0.3 is 17.9 Å². The largest absolute Gasteiger partial charge is 0.459 e. The van der Waals surface area contributed by atoms with Crippen LogP contribution in [0.4, 0.5) is 0 Å². The van der Waals surface area contributed by atoms with Crippen molar-refractivity contribution in [2.75, 3.05) is 6.61 Å². The molecule has 0 amide bonds. The molecule has 1 aliphatic heterocycles. The average molecular weight is 492 g/mol. The zero-order valence-electron chi connectivity index (χ0n) is 19.0. The third-order valence-corrected chi connectivity index (χ3v) is 5.53. The van der Waals surface area contributed by atoms with Crippen LogP contribution in [0.15, 0.2) is 91.0 Å². The summed E-state index contributed by atoms with van der Waals surface area (Å²) in [6, 6.07) is 24.2. The molecule has 0 unspecified atom stereocenters. The number of rotatable bonds is 7. The second-order valence-electron chi connectivity index (χ2n) is 7.99. The van der Waals surface area contributed by atoms with Crippen molar-refractivity contribution in [3.63, 3.8) is 0 Å². The number of hydrogen-bond acceptors (Lipinski definition) is 9. The lowest BCUT2D eigenvalue weighted by Gasteiger charge is -2.41. The molecule has 0 aliphatic carbocycles. The number of carbonyl (C=O) groups is 3. The molecule has 0 aromatic heterocycles. The van der Waals surface area contributed by atoms with Crippen molar-refractivity contribution in [3.8, 4) is 0 Å².